The number of aromatic nitrogens is 1. The fraction of sp³-hybridized carbons (Fsp3) is 0.0952. The lowest BCUT2D eigenvalue weighted by Crippen LogP contribution is -2.37. The van der Waals surface area contributed by atoms with Gasteiger partial charge in [-0.1, -0.05) is 29.8 Å². The van der Waals surface area contributed by atoms with Crippen LogP contribution in [0.25, 0.3) is 11.3 Å². The zero-order valence-corrected chi connectivity index (χ0v) is 15.1. The lowest BCUT2D eigenvalue weighted by atomic mass is 9.93. The Bertz CT molecular complexity index is 1110. The summed E-state index contributed by atoms with van der Waals surface area (Å²) in [6.45, 7) is 1.46. The van der Waals surface area contributed by atoms with E-state index in [1.807, 2.05) is 6.07 Å². The predicted molar refractivity (Wildman–Crippen MR) is 103 cm³/mol. The van der Waals surface area contributed by atoms with Crippen molar-refractivity contribution < 1.29 is 9.59 Å². The molecule has 0 saturated carbocycles. The number of anilines is 1. The number of carbonyl (C=O) groups excluding carboxylic acids is 2. The molecular formula is C21H14ClN3O2. The first-order valence-electron chi connectivity index (χ1n) is 8.33. The Kier molecular flexibility index (Phi) is 4.06. The lowest BCUT2D eigenvalue weighted by molar-refractivity contribution is 0.0938. The average Bonchev–Trinajstić information content (AvgIpc) is 3.12. The van der Waals surface area contributed by atoms with E-state index < -0.39 is 6.04 Å². The van der Waals surface area contributed by atoms with E-state index in [4.69, 9.17) is 11.6 Å². The second kappa shape index (κ2) is 6.42. The first kappa shape index (κ1) is 17.1. The van der Waals surface area contributed by atoms with E-state index >= 15 is 0 Å². The van der Waals surface area contributed by atoms with Gasteiger partial charge in [-0.05, 0) is 36.4 Å². The monoisotopic (exact) mass is 375 g/mol. The topological polar surface area (TPSA) is 66.1 Å². The molecule has 2 aromatic carbocycles. The average molecular weight is 376 g/mol. The van der Waals surface area contributed by atoms with E-state index in [9.17, 15) is 14.9 Å². The van der Waals surface area contributed by atoms with Crippen LogP contribution in [0.1, 0.15) is 33.7 Å². The molecule has 1 aliphatic rings. The van der Waals surface area contributed by atoms with Crippen molar-refractivity contribution in [1.82, 2.24) is 4.57 Å². The Hall–Kier alpha value is -3.36. The zero-order valence-electron chi connectivity index (χ0n) is 14.4. The van der Waals surface area contributed by atoms with Gasteiger partial charge in [0.25, 0.3) is 5.91 Å². The molecule has 1 amide bonds. The van der Waals surface area contributed by atoms with Gasteiger partial charge in [-0.2, -0.15) is 5.26 Å². The van der Waals surface area contributed by atoms with Gasteiger partial charge >= 0.3 is 0 Å². The Morgan fingerprint density at radius 3 is 2.52 bits per heavy atom. The van der Waals surface area contributed by atoms with Gasteiger partial charge in [-0.15, -0.1) is 0 Å². The molecule has 1 aliphatic heterocycles. The Labute approximate surface area is 161 Å². The number of nitriles is 1. The predicted octanol–water partition coefficient (Wildman–Crippen LogP) is 4.69. The summed E-state index contributed by atoms with van der Waals surface area (Å²) in [4.78, 5) is 26.8. The summed E-state index contributed by atoms with van der Waals surface area (Å²) in [6, 6.07) is 17.0. The molecular weight excluding hydrogens is 362 g/mol. The van der Waals surface area contributed by atoms with Crippen molar-refractivity contribution in [2.75, 3.05) is 4.90 Å². The smallest absolute Gasteiger partial charge is 0.259 e. The number of hydrogen-bond donors (Lipinski definition) is 0. The van der Waals surface area contributed by atoms with Crippen LogP contribution < -0.4 is 4.90 Å². The summed E-state index contributed by atoms with van der Waals surface area (Å²) in [5, 5.41) is 10.3. The Balaban J connectivity index is 1.99. The van der Waals surface area contributed by atoms with Crippen LogP contribution in [-0.2, 0) is 0 Å². The highest BCUT2D eigenvalue weighted by Crippen LogP contribution is 2.46. The minimum absolute atomic E-state index is 0.170. The van der Waals surface area contributed by atoms with Crippen molar-refractivity contribution in [1.29, 1.82) is 5.26 Å². The van der Waals surface area contributed by atoms with Gasteiger partial charge in [-0.25, -0.2) is 0 Å². The molecule has 27 heavy (non-hydrogen) atoms. The van der Waals surface area contributed by atoms with Crippen LogP contribution in [0.2, 0.25) is 5.02 Å². The van der Waals surface area contributed by atoms with Gasteiger partial charge in [-0.3, -0.25) is 19.1 Å². The minimum Gasteiger partial charge on any atom is -0.287 e. The number of nitrogens with zero attached hydrogens (tertiary/aromatic N) is 3. The molecule has 1 atom stereocenters. The van der Waals surface area contributed by atoms with Gasteiger partial charge in [0.15, 0.2) is 6.04 Å². The SMILES string of the molecule is CC(=O)n1ccc2c1-c1ccc(Cl)cc1N(C(=O)c1ccccc1)C2C#N. The van der Waals surface area contributed by atoms with E-state index in [-0.39, 0.29) is 11.8 Å². The highest BCUT2D eigenvalue weighted by atomic mass is 35.5. The summed E-state index contributed by atoms with van der Waals surface area (Å²) in [5.74, 6) is -0.469. The molecule has 5 nitrogen and oxygen atoms in total. The van der Waals surface area contributed by atoms with Crippen molar-refractivity contribution >= 4 is 29.1 Å². The van der Waals surface area contributed by atoms with Gasteiger partial charge in [0.05, 0.1) is 17.5 Å². The molecule has 0 N–H and O–H groups in total. The molecule has 0 fully saturated rings. The van der Waals surface area contributed by atoms with Gasteiger partial charge in [0, 0.05) is 34.8 Å². The molecule has 4 rings (SSSR count). The maximum atomic E-state index is 13.3. The molecule has 0 spiro atoms. The van der Waals surface area contributed by atoms with E-state index in [0.717, 1.165) is 0 Å². The van der Waals surface area contributed by atoms with Crippen LogP contribution in [0.5, 0.6) is 0 Å². The van der Waals surface area contributed by atoms with Crippen LogP contribution in [0.3, 0.4) is 0 Å². The third-order valence-corrected chi connectivity index (χ3v) is 4.88. The third-order valence-electron chi connectivity index (χ3n) is 4.65. The van der Waals surface area contributed by atoms with Crippen LogP contribution in [0.4, 0.5) is 5.69 Å². The normalized spacial score (nSPS) is 14.9. The maximum absolute atomic E-state index is 13.3. The van der Waals surface area contributed by atoms with Gasteiger partial charge < -0.3 is 0 Å². The fourth-order valence-corrected chi connectivity index (χ4v) is 3.64. The summed E-state index contributed by atoms with van der Waals surface area (Å²) in [5.41, 5.74) is 2.91. The van der Waals surface area contributed by atoms with Crippen molar-refractivity contribution in [3.8, 4) is 17.3 Å². The van der Waals surface area contributed by atoms with Crippen molar-refractivity contribution in [3.05, 3.63) is 76.9 Å². The van der Waals surface area contributed by atoms with E-state index in [0.29, 0.717) is 33.1 Å². The Morgan fingerprint density at radius 2 is 1.85 bits per heavy atom. The van der Waals surface area contributed by atoms with Crippen LogP contribution in [0, 0.1) is 11.3 Å². The second-order valence-corrected chi connectivity index (χ2v) is 6.68. The Morgan fingerprint density at radius 1 is 1.11 bits per heavy atom. The first-order valence-corrected chi connectivity index (χ1v) is 8.71. The third kappa shape index (κ3) is 2.62. The molecule has 3 aromatic rings. The van der Waals surface area contributed by atoms with Crippen LogP contribution in [-0.4, -0.2) is 16.4 Å². The summed E-state index contributed by atoms with van der Waals surface area (Å²) < 4.78 is 1.50. The molecule has 0 aliphatic carbocycles. The number of hydrogen-bond acceptors (Lipinski definition) is 3. The molecule has 0 saturated heterocycles. The highest BCUT2D eigenvalue weighted by molar-refractivity contribution is 6.31. The number of benzene rings is 2. The number of halogens is 1. The second-order valence-electron chi connectivity index (χ2n) is 6.24. The van der Waals surface area contributed by atoms with Gasteiger partial charge in [0.1, 0.15) is 0 Å². The van der Waals surface area contributed by atoms with E-state index in [1.54, 1.807) is 54.7 Å². The number of carbonyl (C=O) groups is 2. The quantitative estimate of drug-likeness (QED) is 0.619. The molecule has 132 valence electrons. The van der Waals surface area contributed by atoms with Crippen LogP contribution >= 0.6 is 11.6 Å². The molecule has 0 bridgehead atoms. The molecule has 6 heteroatoms. The van der Waals surface area contributed by atoms with Crippen molar-refractivity contribution in [2.24, 2.45) is 0 Å². The fourth-order valence-electron chi connectivity index (χ4n) is 3.47. The number of fused-ring (bicyclic) bond motifs is 3. The van der Waals surface area contributed by atoms with Gasteiger partial charge in [0.2, 0.25) is 5.91 Å². The van der Waals surface area contributed by atoms with Crippen molar-refractivity contribution in [2.45, 2.75) is 13.0 Å². The minimum atomic E-state index is -0.862. The zero-order chi connectivity index (χ0) is 19.1. The first-order chi connectivity index (χ1) is 13.0. The number of rotatable bonds is 1. The summed E-state index contributed by atoms with van der Waals surface area (Å²) >= 11 is 6.19. The lowest BCUT2D eigenvalue weighted by Gasteiger charge is -2.34. The van der Waals surface area contributed by atoms with Crippen molar-refractivity contribution in [3.63, 3.8) is 0 Å². The summed E-state index contributed by atoms with van der Waals surface area (Å²) in [7, 11) is 0. The van der Waals surface area contributed by atoms with Crippen LogP contribution in [0.15, 0.2) is 60.8 Å². The number of amides is 1. The molecule has 0 radical (unpaired) electrons. The highest BCUT2D eigenvalue weighted by Gasteiger charge is 2.38. The van der Waals surface area contributed by atoms with E-state index in [2.05, 4.69) is 6.07 Å². The summed E-state index contributed by atoms with van der Waals surface area (Å²) in [6.07, 6.45) is 1.63. The maximum Gasteiger partial charge on any atom is 0.259 e. The molecule has 2 heterocycles. The standard InChI is InChI=1S/C21H14ClN3O2/c1-13(26)24-10-9-17-19(12-23)25(21(27)14-5-3-2-4-6-14)18-11-15(22)7-8-16(18)20(17)24/h2-11,19H,1H3. The van der Waals surface area contributed by atoms with E-state index in [1.165, 1.54) is 16.4 Å². The largest absolute Gasteiger partial charge is 0.287 e. The molecule has 1 aromatic heterocycles. The molecule has 1 unspecified atom stereocenters.